The van der Waals surface area contributed by atoms with Crippen LogP contribution in [0.15, 0.2) is 24.4 Å². The minimum Gasteiger partial charge on any atom is -0.486 e. The van der Waals surface area contributed by atoms with Crippen molar-refractivity contribution in [2.45, 2.75) is 13.0 Å². The summed E-state index contributed by atoms with van der Waals surface area (Å²) in [5.74, 6) is 1.55. The maximum absolute atomic E-state index is 5.56. The second-order valence-electron chi connectivity index (χ2n) is 4.37. The highest BCUT2D eigenvalue weighted by Crippen LogP contribution is 2.33. The highest BCUT2D eigenvalue weighted by Gasteiger charge is 2.13. The molecule has 0 unspecified atom stereocenters. The monoisotopic (exact) mass is 260 g/mol. The molecule has 0 amide bonds. The van der Waals surface area contributed by atoms with Gasteiger partial charge in [0.1, 0.15) is 18.9 Å². The zero-order chi connectivity index (χ0) is 13.1. The first-order valence-electron chi connectivity index (χ1n) is 6.37. The lowest BCUT2D eigenvalue weighted by Gasteiger charge is -2.18. The molecular formula is C13H16N4O2. The summed E-state index contributed by atoms with van der Waals surface area (Å²) in [6, 6.07) is 5.80. The number of fused-ring (bicyclic) bond motifs is 1. The molecular weight excluding hydrogens is 244 g/mol. The molecule has 0 radical (unpaired) electrons. The fourth-order valence-electron chi connectivity index (χ4n) is 2.00. The number of benzene rings is 1. The second kappa shape index (κ2) is 5.27. The second-order valence-corrected chi connectivity index (χ2v) is 4.37. The van der Waals surface area contributed by atoms with Gasteiger partial charge in [0.05, 0.1) is 6.20 Å². The molecule has 1 aromatic heterocycles. The van der Waals surface area contributed by atoms with E-state index in [-0.39, 0.29) is 0 Å². The van der Waals surface area contributed by atoms with E-state index in [0.29, 0.717) is 19.8 Å². The normalized spacial score (nSPS) is 13.5. The van der Waals surface area contributed by atoms with Gasteiger partial charge < -0.3 is 15.2 Å². The summed E-state index contributed by atoms with van der Waals surface area (Å²) in [6.45, 7) is 2.62. The predicted octanol–water partition coefficient (Wildman–Crippen LogP) is 1.07. The van der Waals surface area contributed by atoms with Crippen LogP contribution in [0.3, 0.4) is 0 Å². The average Bonchev–Trinajstić information content (AvgIpc) is 2.93. The molecule has 0 atom stereocenters. The van der Waals surface area contributed by atoms with E-state index in [9.17, 15) is 0 Å². The lowest BCUT2D eigenvalue weighted by Crippen LogP contribution is -2.15. The minimum atomic E-state index is 0.583. The first-order valence-corrected chi connectivity index (χ1v) is 6.37. The van der Waals surface area contributed by atoms with Gasteiger partial charge in [0, 0.05) is 12.1 Å². The van der Waals surface area contributed by atoms with E-state index in [1.165, 1.54) is 0 Å². The van der Waals surface area contributed by atoms with E-state index in [4.69, 9.17) is 15.2 Å². The van der Waals surface area contributed by atoms with Crippen LogP contribution in [-0.2, 0) is 6.54 Å². The van der Waals surface area contributed by atoms with Gasteiger partial charge in [0.2, 0.25) is 0 Å². The van der Waals surface area contributed by atoms with Crippen LogP contribution in [0.2, 0.25) is 0 Å². The minimum absolute atomic E-state index is 0.583. The number of nitrogens with zero attached hydrogens (tertiary/aromatic N) is 3. The molecule has 6 nitrogen and oxygen atoms in total. The van der Waals surface area contributed by atoms with Gasteiger partial charge in [-0.15, -0.1) is 5.10 Å². The van der Waals surface area contributed by atoms with Crippen LogP contribution in [-0.4, -0.2) is 34.8 Å². The van der Waals surface area contributed by atoms with Gasteiger partial charge in [0.15, 0.2) is 11.5 Å². The highest BCUT2D eigenvalue weighted by atomic mass is 16.6. The molecule has 2 N–H and O–H groups in total. The van der Waals surface area contributed by atoms with Crippen molar-refractivity contribution in [1.29, 1.82) is 0 Å². The van der Waals surface area contributed by atoms with Gasteiger partial charge in [-0.2, -0.15) is 0 Å². The fraction of sp³-hybridized carbons (Fsp3) is 0.385. The van der Waals surface area contributed by atoms with Crippen molar-refractivity contribution in [3.8, 4) is 22.8 Å². The number of rotatable bonds is 4. The summed E-state index contributed by atoms with van der Waals surface area (Å²) < 4.78 is 12.9. The number of aromatic nitrogens is 3. The molecule has 0 saturated heterocycles. The third kappa shape index (κ3) is 2.53. The van der Waals surface area contributed by atoms with Crippen molar-refractivity contribution < 1.29 is 9.47 Å². The largest absolute Gasteiger partial charge is 0.486 e. The first kappa shape index (κ1) is 12.0. The van der Waals surface area contributed by atoms with Crippen LogP contribution in [0, 0.1) is 0 Å². The maximum atomic E-state index is 5.56. The molecule has 0 saturated carbocycles. The van der Waals surface area contributed by atoms with Crippen molar-refractivity contribution in [2.24, 2.45) is 5.73 Å². The molecule has 0 spiro atoms. The van der Waals surface area contributed by atoms with E-state index in [1.54, 1.807) is 4.68 Å². The third-order valence-electron chi connectivity index (χ3n) is 2.97. The third-order valence-corrected chi connectivity index (χ3v) is 2.97. The first-order chi connectivity index (χ1) is 9.36. The van der Waals surface area contributed by atoms with E-state index in [1.807, 2.05) is 24.4 Å². The standard InChI is InChI=1S/C13H16N4O2/c14-4-1-5-17-9-11(15-16-17)10-2-3-12-13(8-10)19-7-6-18-12/h2-3,8-9H,1,4-7,14H2. The molecule has 2 aromatic rings. The fourth-order valence-corrected chi connectivity index (χ4v) is 2.00. The van der Waals surface area contributed by atoms with E-state index >= 15 is 0 Å². The van der Waals surface area contributed by atoms with Gasteiger partial charge in [-0.1, -0.05) is 5.21 Å². The van der Waals surface area contributed by atoms with E-state index < -0.39 is 0 Å². The van der Waals surface area contributed by atoms with Crippen molar-refractivity contribution in [2.75, 3.05) is 19.8 Å². The number of hydrogen-bond acceptors (Lipinski definition) is 5. The number of nitrogens with two attached hydrogens (primary N) is 1. The molecule has 3 rings (SSSR count). The van der Waals surface area contributed by atoms with E-state index in [0.717, 1.165) is 35.7 Å². The lowest BCUT2D eigenvalue weighted by molar-refractivity contribution is 0.171. The van der Waals surface area contributed by atoms with Crippen LogP contribution in [0.1, 0.15) is 6.42 Å². The van der Waals surface area contributed by atoms with E-state index in [2.05, 4.69) is 10.3 Å². The summed E-state index contributed by atoms with van der Waals surface area (Å²) in [5.41, 5.74) is 7.28. The topological polar surface area (TPSA) is 75.2 Å². The molecule has 100 valence electrons. The molecule has 6 heteroatoms. The van der Waals surface area contributed by atoms with Crippen LogP contribution < -0.4 is 15.2 Å². The van der Waals surface area contributed by atoms with Crippen LogP contribution in [0.5, 0.6) is 11.5 Å². The van der Waals surface area contributed by atoms with Crippen molar-refractivity contribution in [3.05, 3.63) is 24.4 Å². The summed E-state index contributed by atoms with van der Waals surface area (Å²) in [7, 11) is 0. The Balaban J connectivity index is 1.83. The molecule has 19 heavy (non-hydrogen) atoms. The van der Waals surface area contributed by atoms with Gasteiger partial charge in [-0.25, -0.2) is 0 Å². The van der Waals surface area contributed by atoms with Crippen LogP contribution >= 0.6 is 0 Å². The van der Waals surface area contributed by atoms with Crippen LogP contribution in [0.25, 0.3) is 11.3 Å². The van der Waals surface area contributed by atoms with Gasteiger partial charge >= 0.3 is 0 Å². The molecule has 0 fully saturated rings. The average molecular weight is 260 g/mol. The van der Waals surface area contributed by atoms with Gasteiger partial charge in [0.25, 0.3) is 0 Å². The Morgan fingerprint density at radius 3 is 2.89 bits per heavy atom. The Kier molecular flexibility index (Phi) is 3.33. The molecule has 2 heterocycles. The highest BCUT2D eigenvalue weighted by molar-refractivity contribution is 5.63. The van der Waals surface area contributed by atoms with Crippen molar-refractivity contribution in [3.63, 3.8) is 0 Å². The van der Waals surface area contributed by atoms with Crippen LogP contribution in [0.4, 0.5) is 0 Å². The maximum Gasteiger partial charge on any atom is 0.162 e. The molecule has 1 aromatic carbocycles. The predicted molar refractivity (Wildman–Crippen MR) is 70.1 cm³/mol. The van der Waals surface area contributed by atoms with Gasteiger partial charge in [-0.3, -0.25) is 4.68 Å². The number of hydrogen-bond donors (Lipinski definition) is 1. The smallest absolute Gasteiger partial charge is 0.162 e. The number of ether oxygens (including phenoxy) is 2. The van der Waals surface area contributed by atoms with Crippen molar-refractivity contribution >= 4 is 0 Å². The van der Waals surface area contributed by atoms with Gasteiger partial charge in [-0.05, 0) is 31.2 Å². The Morgan fingerprint density at radius 1 is 1.21 bits per heavy atom. The zero-order valence-corrected chi connectivity index (χ0v) is 10.6. The lowest BCUT2D eigenvalue weighted by atomic mass is 10.1. The zero-order valence-electron chi connectivity index (χ0n) is 10.6. The summed E-state index contributed by atoms with van der Waals surface area (Å²) in [6.07, 6.45) is 2.81. The Bertz CT molecular complexity index is 568. The molecule has 0 bridgehead atoms. The quantitative estimate of drug-likeness (QED) is 0.889. The molecule has 1 aliphatic heterocycles. The Labute approximate surface area is 111 Å². The number of aryl methyl sites for hydroxylation is 1. The summed E-state index contributed by atoms with van der Waals surface area (Å²) in [4.78, 5) is 0. The SMILES string of the molecule is NCCCn1cc(-c2ccc3c(c2)OCCO3)nn1. The Hall–Kier alpha value is -2.08. The summed E-state index contributed by atoms with van der Waals surface area (Å²) >= 11 is 0. The summed E-state index contributed by atoms with van der Waals surface area (Å²) in [5, 5.41) is 8.25. The molecule has 0 aliphatic carbocycles. The Morgan fingerprint density at radius 2 is 2.05 bits per heavy atom. The molecule has 1 aliphatic rings. The van der Waals surface area contributed by atoms with Crippen molar-refractivity contribution in [1.82, 2.24) is 15.0 Å².